The number of aliphatic hydroxyl groups is 1. The van der Waals surface area contributed by atoms with Crippen LogP contribution in [-0.2, 0) is 33.4 Å². The highest BCUT2D eigenvalue weighted by atomic mass is 32.2. The predicted octanol–water partition coefficient (Wildman–Crippen LogP) is 3.71. The second-order valence-electron chi connectivity index (χ2n) is 10.2. The molecule has 3 N–H and O–H groups in total. The number of urea groups is 1. The summed E-state index contributed by atoms with van der Waals surface area (Å²) >= 11 is 0. The number of hydrogen-bond donors (Lipinski definition) is 3. The van der Waals surface area contributed by atoms with Gasteiger partial charge in [0, 0.05) is 24.6 Å². The van der Waals surface area contributed by atoms with Crippen LogP contribution in [-0.4, -0.2) is 80.9 Å². The van der Waals surface area contributed by atoms with Crippen LogP contribution < -0.4 is 9.81 Å². The Hall–Kier alpha value is -1.21. The van der Waals surface area contributed by atoms with Crippen molar-refractivity contribution in [3.8, 4) is 0 Å². The van der Waals surface area contributed by atoms with E-state index in [1.165, 1.54) is 63.4 Å². The Bertz CT molecular complexity index is 877. The van der Waals surface area contributed by atoms with Gasteiger partial charge < -0.3 is 14.6 Å². The predicted molar refractivity (Wildman–Crippen MR) is 147 cm³/mol. The number of ether oxygens (including phenoxy) is 2. The molecular weight excluding hydrogens is 549 g/mol. The van der Waals surface area contributed by atoms with Crippen LogP contribution in [0.15, 0.2) is 0 Å². The van der Waals surface area contributed by atoms with E-state index in [0.717, 1.165) is 25.7 Å². The molecule has 2 fully saturated rings. The number of unbranched alkanes of at least 4 members (excludes halogenated alkanes) is 12. The molecule has 0 spiro atoms. The molecule has 2 saturated heterocycles. The molecule has 0 saturated carbocycles. The van der Waals surface area contributed by atoms with Gasteiger partial charge in [-0.2, -0.15) is 0 Å². The highest BCUT2D eigenvalue weighted by Crippen LogP contribution is 2.35. The van der Waals surface area contributed by atoms with E-state index >= 15 is 0 Å². The number of methoxy groups -OCH3 is 1. The Kier molecular flexibility index (Phi) is 15.9. The summed E-state index contributed by atoms with van der Waals surface area (Å²) in [7, 11) is -5.39. The van der Waals surface area contributed by atoms with Crippen molar-refractivity contribution >= 4 is 30.1 Å². The smallest absolute Gasteiger partial charge is 0.394 e. The fourth-order valence-electron chi connectivity index (χ4n) is 4.90. The van der Waals surface area contributed by atoms with Crippen molar-refractivity contribution in [1.29, 1.82) is 0 Å². The van der Waals surface area contributed by atoms with Crippen LogP contribution in [0.25, 0.3) is 0 Å². The third-order valence-corrected chi connectivity index (χ3v) is 10.0. The molecule has 2 unspecified atom stereocenters. The van der Waals surface area contributed by atoms with E-state index in [-0.39, 0.29) is 18.7 Å². The first-order chi connectivity index (χ1) is 18.7. The standard InChI is InChI=1S/C25H46N3O9PS/c1-3-4-5-6-7-8-9-10-11-12-13-14-15-18-39(33,34)27-38(32)37-22-20(19-29)36-24(23(22)35-2)28-17-16-21(30)26-25(28)31/h20,22-24,29H,3-19H2,1-2H3,(H-,26,27,30,31,32)/p+1/t20-,22?,23+,24-/m1/s1. The number of amides is 3. The van der Waals surface area contributed by atoms with Crippen molar-refractivity contribution in [1.82, 2.24) is 14.7 Å². The van der Waals surface area contributed by atoms with Gasteiger partial charge in [-0.15, -0.1) is 4.52 Å². The van der Waals surface area contributed by atoms with Crippen molar-refractivity contribution in [3.05, 3.63) is 0 Å². The molecular formula is C25H47N3O9PS+. The maximum Gasteiger partial charge on any atom is 0.628 e. The maximum atomic E-state index is 12.6. The van der Waals surface area contributed by atoms with E-state index in [1.807, 2.05) is 0 Å². The molecule has 0 bridgehead atoms. The van der Waals surface area contributed by atoms with Crippen LogP contribution in [0.3, 0.4) is 0 Å². The number of carbonyl (C=O) groups excluding carboxylic acids is 2. The highest BCUT2D eigenvalue weighted by Gasteiger charge is 2.54. The third-order valence-electron chi connectivity index (χ3n) is 7.08. The molecule has 0 aromatic rings. The molecule has 5 atom stereocenters. The Morgan fingerprint density at radius 3 is 2.08 bits per heavy atom. The zero-order valence-electron chi connectivity index (χ0n) is 23.3. The molecule has 2 aliphatic heterocycles. The van der Waals surface area contributed by atoms with E-state index in [1.54, 1.807) is 0 Å². The summed E-state index contributed by atoms with van der Waals surface area (Å²) in [5.74, 6) is -0.589. The van der Waals surface area contributed by atoms with Crippen LogP contribution >= 0.6 is 8.18 Å². The fourth-order valence-corrected chi connectivity index (χ4v) is 7.41. The lowest BCUT2D eigenvalue weighted by Crippen LogP contribution is -2.57. The molecule has 0 aromatic heterocycles. The van der Waals surface area contributed by atoms with Crippen LogP contribution in [0.5, 0.6) is 0 Å². The number of nitrogens with zero attached hydrogens (tertiary/aromatic N) is 1. The number of hydrogen-bond acceptors (Lipinski definition) is 9. The Morgan fingerprint density at radius 1 is 1.00 bits per heavy atom. The van der Waals surface area contributed by atoms with Crippen molar-refractivity contribution in [2.45, 2.75) is 121 Å². The van der Waals surface area contributed by atoms with Crippen LogP contribution in [0, 0.1) is 0 Å². The summed E-state index contributed by atoms with van der Waals surface area (Å²) in [6.45, 7) is 1.75. The minimum atomic E-state index is -3.85. The van der Waals surface area contributed by atoms with Crippen LogP contribution in [0.2, 0.25) is 0 Å². The zero-order valence-corrected chi connectivity index (χ0v) is 25.1. The number of rotatable bonds is 21. The topological polar surface area (TPSA) is 161 Å². The molecule has 14 heteroatoms. The van der Waals surface area contributed by atoms with Gasteiger partial charge in [0.25, 0.3) is 10.0 Å². The lowest BCUT2D eigenvalue weighted by Gasteiger charge is -2.33. The molecule has 2 aliphatic rings. The molecule has 12 nitrogen and oxygen atoms in total. The lowest BCUT2D eigenvalue weighted by molar-refractivity contribution is -0.126. The molecule has 226 valence electrons. The molecule has 0 aromatic carbocycles. The second-order valence-corrected chi connectivity index (χ2v) is 13.3. The van der Waals surface area contributed by atoms with Crippen LogP contribution in [0.4, 0.5) is 4.79 Å². The van der Waals surface area contributed by atoms with Crippen molar-refractivity contribution < 1.29 is 41.7 Å². The zero-order chi connectivity index (χ0) is 28.7. The molecule has 2 heterocycles. The van der Waals surface area contributed by atoms with Gasteiger partial charge >= 0.3 is 14.2 Å². The van der Waals surface area contributed by atoms with Gasteiger partial charge in [0.15, 0.2) is 12.3 Å². The van der Waals surface area contributed by atoms with Crippen molar-refractivity contribution in [3.63, 3.8) is 0 Å². The number of nitrogens with one attached hydrogen (secondary N) is 2. The first-order valence-electron chi connectivity index (χ1n) is 14.3. The van der Waals surface area contributed by atoms with Gasteiger partial charge in [0.1, 0.15) is 12.2 Å². The Balaban J connectivity index is 1.68. The quantitative estimate of drug-likeness (QED) is 0.133. The Labute approximate surface area is 233 Å². The van der Waals surface area contributed by atoms with E-state index in [2.05, 4.69) is 16.7 Å². The largest absolute Gasteiger partial charge is 0.628 e. The number of carbonyl (C=O) groups is 2. The molecule has 0 aliphatic carbocycles. The van der Waals surface area contributed by atoms with Crippen LogP contribution in [0.1, 0.15) is 96.8 Å². The minimum absolute atomic E-state index is 0.0601. The summed E-state index contributed by atoms with van der Waals surface area (Å²) < 4.78 is 56.0. The first kappa shape index (κ1) is 34.0. The number of aliphatic hydroxyl groups excluding tert-OH is 1. The highest BCUT2D eigenvalue weighted by molar-refractivity contribution is 7.93. The van der Waals surface area contributed by atoms with E-state index < -0.39 is 61.3 Å². The minimum Gasteiger partial charge on any atom is -0.394 e. The summed E-state index contributed by atoms with van der Waals surface area (Å²) in [5.41, 5.74) is 0. The molecule has 3 amide bonds. The number of sulfonamides is 1. The van der Waals surface area contributed by atoms with E-state index in [4.69, 9.17) is 14.0 Å². The lowest BCUT2D eigenvalue weighted by atomic mass is 10.1. The van der Waals surface area contributed by atoms with Gasteiger partial charge in [0.2, 0.25) is 5.91 Å². The average Bonchev–Trinajstić information content (AvgIpc) is 3.23. The van der Waals surface area contributed by atoms with Crippen molar-refractivity contribution in [2.75, 3.05) is 26.0 Å². The molecule has 2 rings (SSSR count). The fraction of sp³-hybridized carbons (Fsp3) is 0.920. The number of imide groups is 1. The van der Waals surface area contributed by atoms with Gasteiger partial charge in [-0.1, -0.05) is 84.0 Å². The van der Waals surface area contributed by atoms with E-state index in [0.29, 0.717) is 6.42 Å². The van der Waals surface area contributed by atoms with E-state index in [9.17, 15) is 27.7 Å². The summed E-state index contributed by atoms with van der Waals surface area (Å²) in [5, 5.41) is 11.9. The SMILES string of the molecule is CCCCCCCCCCCCCCCS(=O)(=O)N[P+](=O)OC1[C@@H](CO)O[C@@H](N2CCC(=O)NC2=O)[C@H]1OC. The molecule has 0 radical (unpaired) electrons. The van der Waals surface area contributed by atoms with Crippen molar-refractivity contribution in [2.24, 2.45) is 0 Å². The normalized spacial score (nSPS) is 24.3. The summed E-state index contributed by atoms with van der Waals surface area (Å²) in [4.78, 5) is 24.9. The average molecular weight is 597 g/mol. The maximum absolute atomic E-state index is 12.6. The van der Waals surface area contributed by atoms with Gasteiger partial charge in [-0.3, -0.25) is 15.0 Å². The second kappa shape index (κ2) is 18.3. The first-order valence-corrected chi connectivity index (χ1v) is 17.1. The molecule has 39 heavy (non-hydrogen) atoms. The monoisotopic (exact) mass is 596 g/mol. The summed E-state index contributed by atoms with van der Waals surface area (Å²) in [6, 6.07) is -0.682. The van der Waals surface area contributed by atoms with Gasteiger partial charge in [-0.05, 0) is 11.0 Å². The summed E-state index contributed by atoms with van der Waals surface area (Å²) in [6.07, 6.45) is 10.7. The van der Waals surface area contributed by atoms with Gasteiger partial charge in [-0.25, -0.2) is 13.2 Å². The van der Waals surface area contributed by atoms with Gasteiger partial charge in [0.05, 0.1) is 12.4 Å². The third kappa shape index (κ3) is 12.0. The Morgan fingerprint density at radius 2 is 1.56 bits per heavy atom.